The fourth-order valence-corrected chi connectivity index (χ4v) is 5.33. The maximum Gasteiger partial charge on any atom is 0.308 e. The number of nitrogens with one attached hydrogen (secondary N) is 6. The third-order valence-electron chi connectivity index (χ3n) is 7.88. The van der Waals surface area contributed by atoms with E-state index in [4.69, 9.17) is 16.3 Å². The molecule has 0 aliphatic heterocycles. The molecule has 1 aromatic carbocycles. The molecule has 0 aliphatic carbocycles. The first kappa shape index (κ1) is 43.1. The number of fused-ring (bicyclic) bond motifs is 1. The number of carbonyl (C=O) groups excluding carboxylic acids is 6. The summed E-state index contributed by atoms with van der Waals surface area (Å²) in [4.78, 5) is 93.8. The van der Waals surface area contributed by atoms with Crippen LogP contribution in [0.1, 0.15) is 79.7 Å². The number of aliphatic carboxylic acids is 1. The number of para-hydroxylation sites is 1. The molecule has 0 saturated heterocycles. The van der Waals surface area contributed by atoms with E-state index in [9.17, 15) is 38.7 Å². The Morgan fingerprint density at radius 2 is 1.42 bits per heavy atom. The average molecular weight is 731 g/mol. The van der Waals surface area contributed by atoms with Crippen molar-refractivity contribution < 1.29 is 43.4 Å². The molecule has 0 unspecified atom stereocenters. The molecule has 2 rings (SSSR count). The number of amides is 5. The van der Waals surface area contributed by atoms with Crippen molar-refractivity contribution in [1.82, 2.24) is 31.7 Å². The van der Waals surface area contributed by atoms with E-state index in [0.29, 0.717) is 0 Å². The fraction of sp³-hybridized carbons (Fsp3) is 0.571. The van der Waals surface area contributed by atoms with Crippen LogP contribution in [-0.4, -0.2) is 87.4 Å². The van der Waals surface area contributed by atoms with E-state index in [2.05, 4.69) is 26.3 Å². The van der Waals surface area contributed by atoms with E-state index in [1.165, 1.54) is 0 Å². The van der Waals surface area contributed by atoms with Gasteiger partial charge in [0.2, 0.25) is 23.6 Å². The summed E-state index contributed by atoms with van der Waals surface area (Å²) >= 11 is 0. The van der Waals surface area contributed by atoms with Gasteiger partial charge < -0.3 is 41.8 Å². The van der Waals surface area contributed by atoms with Crippen LogP contribution < -0.4 is 38.3 Å². The van der Waals surface area contributed by atoms with Crippen LogP contribution in [0.4, 0.5) is 0 Å². The molecule has 0 aliphatic rings. The lowest BCUT2D eigenvalue weighted by atomic mass is 9.99. The van der Waals surface area contributed by atoms with Gasteiger partial charge in [-0.05, 0) is 63.5 Å². The molecule has 5 atom stereocenters. The van der Waals surface area contributed by atoms with Crippen molar-refractivity contribution in [2.24, 2.45) is 23.4 Å². The zero-order valence-corrected chi connectivity index (χ0v) is 30.8. The molecule has 1 heterocycles. The van der Waals surface area contributed by atoms with Crippen LogP contribution in [0.15, 0.2) is 30.5 Å². The molecule has 0 saturated carbocycles. The number of esters is 1. The zero-order valence-electron chi connectivity index (χ0n) is 30.8. The van der Waals surface area contributed by atoms with Gasteiger partial charge in [0, 0.05) is 23.5 Å². The van der Waals surface area contributed by atoms with Crippen molar-refractivity contribution in [3.05, 3.63) is 36.0 Å². The Morgan fingerprint density at radius 3 is 2.00 bits per heavy atom. The molecule has 17 heteroatoms. The number of aromatic nitrogens is 1. The second-order valence-electron chi connectivity index (χ2n) is 14.4. The number of rotatable bonds is 19. The Hall–Kier alpha value is -5.03. The third kappa shape index (κ3) is 13.9. The molecule has 0 fully saturated rings. The van der Waals surface area contributed by atoms with Gasteiger partial charge in [0.25, 0.3) is 5.91 Å². The number of ether oxygens (including phenoxy) is 1. The van der Waals surface area contributed by atoms with Crippen LogP contribution in [0.2, 0.25) is 0 Å². The van der Waals surface area contributed by atoms with Gasteiger partial charge in [-0.15, -0.1) is 0 Å². The van der Waals surface area contributed by atoms with Gasteiger partial charge in [-0.1, -0.05) is 45.9 Å². The highest BCUT2D eigenvalue weighted by molar-refractivity contribution is 5.97. The highest BCUT2D eigenvalue weighted by atomic mass is 16.6. The minimum atomic E-state index is -1.58. The van der Waals surface area contributed by atoms with Gasteiger partial charge in [0.1, 0.15) is 29.8 Å². The molecule has 1 aromatic heterocycles. The number of hydrazine groups is 1. The quantitative estimate of drug-likeness (QED) is 0.0409. The van der Waals surface area contributed by atoms with E-state index in [-0.39, 0.29) is 18.8 Å². The normalized spacial score (nSPS) is 14.4. The van der Waals surface area contributed by atoms with Gasteiger partial charge >= 0.3 is 11.9 Å². The Balaban J connectivity index is 2.32. The largest absolute Gasteiger partial charge is 0.481 e. The number of nitrogens with two attached hydrogens (primary N) is 2. The van der Waals surface area contributed by atoms with Crippen molar-refractivity contribution >= 4 is 52.4 Å². The van der Waals surface area contributed by atoms with Gasteiger partial charge in [-0.25, -0.2) is 5.84 Å². The summed E-state index contributed by atoms with van der Waals surface area (Å²) < 4.78 is 5.37. The van der Waals surface area contributed by atoms with Gasteiger partial charge in [-0.2, -0.15) is 0 Å². The van der Waals surface area contributed by atoms with E-state index < -0.39 is 102 Å². The predicted octanol–water partition coefficient (Wildman–Crippen LogP) is 0.266. The van der Waals surface area contributed by atoms with Crippen molar-refractivity contribution in [3.63, 3.8) is 0 Å². The summed E-state index contributed by atoms with van der Waals surface area (Å²) in [6, 6.07) is 0.956. The first-order valence-electron chi connectivity index (χ1n) is 17.2. The van der Waals surface area contributed by atoms with Crippen molar-refractivity contribution in [2.75, 3.05) is 0 Å². The number of hydrogen-bond acceptors (Lipinski definition) is 10. The number of aromatic amines is 1. The molecule has 288 valence electrons. The molecular weight excluding hydrogens is 676 g/mol. The second-order valence-corrected chi connectivity index (χ2v) is 14.4. The summed E-state index contributed by atoms with van der Waals surface area (Å²) in [5.41, 5.74) is 8.91. The summed E-state index contributed by atoms with van der Waals surface area (Å²) in [5, 5.41) is 20.3. The van der Waals surface area contributed by atoms with Crippen LogP contribution in [0, 0.1) is 11.8 Å². The maximum absolute atomic E-state index is 13.7. The highest BCUT2D eigenvalue weighted by Crippen LogP contribution is 2.19. The molecule has 17 nitrogen and oxygen atoms in total. The predicted molar refractivity (Wildman–Crippen MR) is 192 cm³/mol. The second kappa shape index (κ2) is 19.5. The lowest BCUT2D eigenvalue weighted by molar-refractivity contribution is -0.156. The van der Waals surface area contributed by atoms with Crippen LogP contribution in [0.25, 0.3) is 10.9 Å². The van der Waals surface area contributed by atoms with E-state index in [0.717, 1.165) is 16.5 Å². The van der Waals surface area contributed by atoms with Crippen molar-refractivity contribution in [2.45, 2.75) is 116 Å². The standard InChI is InChI=1S/C35H54N8O9/c1-18(2)14-25(33(50)43-37)41-34(51)29(19(3)4)42-31(48)24(12-13-27(44)45)39-32(49)26(16-28(46)52-35(5,6)7)40-30(47)22(36)15-20-17-38-23-11-9-8-10-21(20)23/h8-11,17-19,22,24-26,29,38H,12-16,36-37H2,1-7H3,(H,39,49)(H,40,47)(H,41,51)(H,42,48)(H,43,50)(H,44,45)/t22-,24+,25+,26-,29-/m1/s1. The SMILES string of the molecule is CC(C)C[C@H](NC(=O)[C@H](NC(=O)[C@H](CCC(=O)O)NC(=O)[C@@H](CC(=O)OC(C)(C)C)NC(=O)[C@H](N)Cc1c[nH]c2ccccc12)C(C)C)C(=O)NN. The first-order chi connectivity index (χ1) is 24.2. The average Bonchev–Trinajstić information content (AvgIpc) is 3.45. The van der Waals surface area contributed by atoms with Crippen molar-refractivity contribution in [3.8, 4) is 0 Å². The molecular formula is C35H54N8O9. The fourth-order valence-electron chi connectivity index (χ4n) is 5.33. The van der Waals surface area contributed by atoms with Crippen LogP contribution >= 0.6 is 0 Å². The van der Waals surface area contributed by atoms with E-state index in [1.807, 2.05) is 43.5 Å². The summed E-state index contributed by atoms with van der Waals surface area (Å²) in [7, 11) is 0. The third-order valence-corrected chi connectivity index (χ3v) is 7.88. The number of carboxylic acids is 1. The van der Waals surface area contributed by atoms with Crippen LogP contribution in [0.3, 0.4) is 0 Å². The summed E-state index contributed by atoms with van der Waals surface area (Å²) in [6.45, 7) is 11.8. The number of benzene rings is 1. The Labute approximate surface area is 303 Å². The van der Waals surface area contributed by atoms with E-state index in [1.54, 1.807) is 40.8 Å². The number of hydrogen-bond donors (Lipinski definition) is 9. The monoisotopic (exact) mass is 730 g/mol. The minimum Gasteiger partial charge on any atom is -0.481 e. The van der Waals surface area contributed by atoms with Gasteiger partial charge in [0.15, 0.2) is 0 Å². The highest BCUT2D eigenvalue weighted by Gasteiger charge is 2.35. The molecule has 52 heavy (non-hydrogen) atoms. The Morgan fingerprint density at radius 1 is 0.827 bits per heavy atom. The topological polar surface area (TPSA) is 277 Å². The molecule has 0 spiro atoms. The smallest absolute Gasteiger partial charge is 0.308 e. The van der Waals surface area contributed by atoms with Gasteiger partial charge in [-0.3, -0.25) is 39.0 Å². The number of carbonyl (C=O) groups is 7. The lowest BCUT2D eigenvalue weighted by Crippen LogP contribution is -2.60. The summed E-state index contributed by atoms with van der Waals surface area (Å²) in [6.07, 6.45) is 0.460. The summed E-state index contributed by atoms with van der Waals surface area (Å²) in [5.74, 6) is -1.34. The maximum atomic E-state index is 13.7. The molecule has 0 radical (unpaired) electrons. The molecule has 2 aromatic rings. The molecule has 11 N–H and O–H groups in total. The number of carboxylic acid groups (broad SMARTS) is 1. The lowest BCUT2D eigenvalue weighted by Gasteiger charge is -2.28. The minimum absolute atomic E-state index is 0.00231. The Kier molecular flexibility index (Phi) is 16.2. The van der Waals surface area contributed by atoms with E-state index >= 15 is 0 Å². The molecule has 5 amide bonds. The molecule has 0 bridgehead atoms. The Bertz CT molecular complexity index is 1580. The van der Waals surface area contributed by atoms with Crippen LogP contribution in [-0.2, 0) is 44.7 Å². The van der Waals surface area contributed by atoms with Gasteiger partial charge in [0.05, 0.1) is 12.5 Å². The zero-order chi connectivity index (χ0) is 39.3. The number of H-pyrrole nitrogens is 1. The first-order valence-corrected chi connectivity index (χ1v) is 17.2. The van der Waals surface area contributed by atoms with Crippen LogP contribution in [0.5, 0.6) is 0 Å². The van der Waals surface area contributed by atoms with Crippen molar-refractivity contribution in [1.29, 1.82) is 0 Å².